The number of rotatable bonds is 2. The van der Waals surface area contributed by atoms with Crippen LogP contribution in [0.2, 0.25) is 0 Å². The molecular formula is C13H22F3N3O. The fourth-order valence-electron chi connectivity index (χ4n) is 2.82. The Morgan fingerprint density at radius 2 is 1.85 bits per heavy atom. The summed E-state index contributed by atoms with van der Waals surface area (Å²) in [4.78, 5) is 15.3. The molecule has 0 aromatic rings. The molecule has 2 heterocycles. The van der Waals surface area contributed by atoms with Gasteiger partial charge in [0.25, 0.3) is 0 Å². The highest BCUT2D eigenvalue weighted by Crippen LogP contribution is 2.25. The molecule has 0 saturated carbocycles. The fourth-order valence-corrected chi connectivity index (χ4v) is 2.82. The van der Waals surface area contributed by atoms with Crippen molar-refractivity contribution in [3.8, 4) is 0 Å². The molecule has 0 radical (unpaired) electrons. The zero-order valence-electron chi connectivity index (χ0n) is 11.7. The highest BCUT2D eigenvalue weighted by molar-refractivity contribution is 5.82. The van der Waals surface area contributed by atoms with Crippen molar-refractivity contribution >= 4 is 5.91 Å². The molecule has 0 bridgehead atoms. The van der Waals surface area contributed by atoms with Crippen LogP contribution in [0.4, 0.5) is 13.2 Å². The Kier molecular flexibility index (Phi) is 4.90. The Bertz CT molecular complexity index is 334. The number of halogens is 3. The van der Waals surface area contributed by atoms with E-state index in [0.29, 0.717) is 26.2 Å². The molecule has 2 aliphatic rings. The van der Waals surface area contributed by atoms with Gasteiger partial charge in [-0.15, -0.1) is 0 Å². The van der Waals surface area contributed by atoms with E-state index >= 15 is 0 Å². The molecule has 4 nitrogen and oxygen atoms in total. The van der Waals surface area contributed by atoms with Crippen molar-refractivity contribution < 1.29 is 18.0 Å². The maximum Gasteiger partial charge on any atom is 0.403 e. The van der Waals surface area contributed by atoms with E-state index in [1.165, 1.54) is 11.8 Å². The third kappa shape index (κ3) is 3.63. The standard InChI is InChI=1S/C13H22F3N3O/c1-10(13(14,15)16)18-6-8-19(9-7-18)12(20)11-4-2-3-5-17-11/h10-11,17H,2-9H2,1H3/t10?,11-/m1/s1. The van der Waals surface area contributed by atoms with E-state index in [-0.39, 0.29) is 11.9 Å². The number of piperazine rings is 1. The van der Waals surface area contributed by atoms with Gasteiger partial charge in [-0.05, 0) is 26.3 Å². The summed E-state index contributed by atoms with van der Waals surface area (Å²) in [5.41, 5.74) is 0. The Hall–Kier alpha value is -0.820. The number of amides is 1. The molecule has 1 amide bonds. The van der Waals surface area contributed by atoms with Crippen LogP contribution in [0.5, 0.6) is 0 Å². The second-order valence-electron chi connectivity index (χ2n) is 5.58. The van der Waals surface area contributed by atoms with Crippen molar-refractivity contribution in [1.29, 1.82) is 0 Å². The van der Waals surface area contributed by atoms with Crippen LogP contribution < -0.4 is 5.32 Å². The van der Waals surface area contributed by atoms with E-state index in [4.69, 9.17) is 0 Å². The maximum atomic E-state index is 12.6. The molecule has 7 heteroatoms. The smallest absolute Gasteiger partial charge is 0.339 e. The van der Waals surface area contributed by atoms with Crippen molar-refractivity contribution in [2.24, 2.45) is 0 Å². The van der Waals surface area contributed by atoms with E-state index in [2.05, 4.69) is 5.32 Å². The average molecular weight is 293 g/mol. The topological polar surface area (TPSA) is 35.6 Å². The number of nitrogens with zero attached hydrogens (tertiary/aromatic N) is 2. The van der Waals surface area contributed by atoms with Gasteiger partial charge in [-0.3, -0.25) is 9.69 Å². The van der Waals surface area contributed by atoms with Crippen LogP contribution in [-0.2, 0) is 4.79 Å². The van der Waals surface area contributed by atoms with Crippen LogP contribution in [0.1, 0.15) is 26.2 Å². The summed E-state index contributed by atoms with van der Waals surface area (Å²) in [6, 6.07) is -1.58. The van der Waals surface area contributed by atoms with Gasteiger partial charge in [-0.2, -0.15) is 13.2 Å². The van der Waals surface area contributed by atoms with Crippen LogP contribution in [0.3, 0.4) is 0 Å². The minimum atomic E-state index is -4.20. The molecule has 2 saturated heterocycles. The Morgan fingerprint density at radius 1 is 1.20 bits per heavy atom. The number of carbonyl (C=O) groups is 1. The highest BCUT2D eigenvalue weighted by Gasteiger charge is 2.41. The quantitative estimate of drug-likeness (QED) is 0.831. The molecule has 0 aromatic carbocycles. The number of carbonyl (C=O) groups excluding carboxylic acids is 1. The molecule has 0 spiro atoms. The molecule has 2 aliphatic heterocycles. The minimum absolute atomic E-state index is 0.0454. The Labute approximate surface area is 117 Å². The van der Waals surface area contributed by atoms with Crippen molar-refractivity contribution in [2.45, 2.75) is 44.4 Å². The molecule has 2 fully saturated rings. The monoisotopic (exact) mass is 293 g/mol. The van der Waals surface area contributed by atoms with Gasteiger partial charge in [0.1, 0.15) is 6.04 Å². The summed E-state index contributed by atoms with van der Waals surface area (Å²) in [7, 11) is 0. The molecule has 1 N–H and O–H groups in total. The molecule has 0 aromatic heterocycles. The summed E-state index contributed by atoms with van der Waals surface area (Å²) < 4.78 is 37.9. The first-order valence-corrected chi connectivity index (χ1v) is 7.22. The van der Waals surface area contributed by atoms with Crippen LogP contribution in [0, 0.1) is 0 Å². The van der Waals surface area contributed by atoms with Crippen LogP contribution in [0.25, 0.3) is 0 Å². The number of alkyl halides is 3. The molecule has 20 heavy (non-hydrogen) atoms. The van der Waals surface area contributed by atoms with Gasteiger partial charge in [0, 0.05) is 26.2 Å². The predicted octanol–water partition coefficient (Wildman–Crippen LogP) is 1.22. The minimum Gasteiger partial charge on any atom is -0.339 e. The van der Waals surface area contributed by atoms with E-state index in [1.54, 1.807) is 4.90 Å². The van der Waals surface area contributed by atoms with E-state index in [1.807, 2.05) is 0 Å². The molecule has 2 atom stereocenters. The van der Waals surface area contributed by atoms with E-state index < -0.39 is 12.2 Å². The first-order chi connectivity index (χ1) is 9.39. The summed E-state index contributed by atoms with van der Waals surface area (Å²) in [5.74, 6) is 0.0454. The van der Waals surface area contributed by atoms with Crippen LogP contribution in [-0.4, -0.2) is 66.7 Å². The molecule has 116 valence electrons. The number of hydrogen-bond donors (Lipinski definition) is 1. The summed E-state index contributed by atoms with van der Waals surface area (Å²) in [6.45, 7) is 3.38. The van der Waals surface area contributed by atoms with Gasteiger partial charge >= 0.3 is 6.18 Å². The van der Waals surface area contributed by atoms with E-state index in [0.717, 1.165) is 25.8 Å². The van der Waals surface area contributed by atoms with Gasteiger partial charge < -0.3 is 10.2 Å². The second kappa shape index (κ2) is 6.30. The third-order valence-electron chi connectivity index (χ3n) is 4.26. The number of piperidine rings is 1. The normalized spacial score (nSPS) is 27.4. The van der Waals surface area contributed by atoms with Crippen molar-refractivity contribution in [3.05, 3.63) is 0 Å². The summed E-state index contributed by atoms with van der Waals surface area (Å²) in [6.07, 6.45) is -1.25. The number of hydrogen-bond acceptors (Lipinski definition) is 3. The third-order valence-corrected chi connectivity index (χ3v) is 4.26. The van der Waals surface area contributed by atoms with Gasteiger partial charge in [0.05, 0.1) is 6.04 Å². The molecular weight excluding hydrogens is 271 g/mol. The largest absolute Gasteiger partial charge is 0.403 e. The predicted molar refractivity (Wildman–Crippen MR) is 69.3 cm³/mol. The highest BCUT2D eigenvalue weighted by atomic mass is 19.4. The average Bonchev–Trinajstić information content (AvgIpc) is 2.46. The van der Waals surface area contributed by atoms with Crippen molar-refractivity contribution in [3.63, 3.8) is 0 Å². The summed E-state index contributed by atoms with van der Waals surface area (Å²) >= 11 is 0. The van der Waals surface area contributed by atoms with Crippen molar-refractivity contribution in [1.82, 2.24) is 15.1 Å². The summed E-state index contributed by atoms with van der Waals surface area (Å²) in [5, 5.41) is 3.19. The SMILES string of the molecule is CC(N1CCN(C(=O)[C@H]2CCCCN2)CC1)C(F)(F)F. The first kappa shape index (κ1) is 15.6. The van der Waals surface area contributed by atoms with Gasteiger partial charge in [-0.25, -0.2) is 0 Å². The lowest BCUT2D eigenvalue weighted by Gasteiger charge is -2.40. The van der Waals surface area contributed by atoms with Gasteiger partial charge in [0.2, 0.25) is 5.91 Å². The maximum absolute atomic E-state index is 12.6. The van der Waals surface area contributed by atoms with Gasteiger partial charge in [0.15, 0.2) is 0 Å². The molecule has 2 rings (SSSR count). The van der Waals surface area contributed by atoms with Gasteiger partial charge in [-0.1, -0.05) is 6.42 Å². The Morgan fingerprint density at radius 3 is 2.35 bits per heavy atom. The van der Waals surface area contributed by atoms with Crippen molar-refractivity contribution in [2.75, 3.05) is 32.7 Å². The zero-order valence-corrected chi connectivity index (χ0v) is 11.7. The number of nitrogens with one attached hydrogen (secondary N) is 1. The lowest BCUT2D eigenvalue weighted by atomic mass is 10.0. The van der Waals surface area contributed by atoms with E-state index in [9.17, 15) is 18.0 Å². The lowest BCUT2D eigenvalue weighted by molar-refractivity contribution is -0.183. The fraction of sp³-hybridized carbons (Fsp3) is 0.923. The molecule has 1 unspecified atom stereocenters. The second-order valence-corrected chi connectivity index (χ2v) is 5.58. The molecule has 0 aliphatic carbocycles. The Balaban J connectivity index is 1.83. The first-order valence-electron chi connectivity index (χ1n) is 7.22. The zero-order chi connectivity index (χ0) is 14.8. The van der Waals surface area contributed by atoms with Crippen LogP contribution >= 0.6 is 0 Å². The lowest BCUT2D eigenvalue weighted by Crippen LogP contribution is -2.58. The van der Waals surface area contributed by atoms with Crippen LogP contribution in [0.15, 0.2) is 0 Å².